The van der Waals surface area contributed by atoms with E-state index < -0.39 is 0 Å². The summed E-state index contributed by atoms with van der Waals surface area (Å²) < 4.78 is 11.4. The predicted octanol–water partition coefficient (Wildman–Crippen LogP) is 29.1. The van der Waals surface area contributed by atoms with Crippen molar-refractivity contribution in [2.24, 2.45) is 0 Å². The fourth-order valence-electron chi connectivity index (χ4n) is 18.7. The molecule has 1 aliphatic rings. The van der Waals surface area contributed by atoms with Crippen molar-refractivity contribution in [3.63, 3.8) is 0 Å². The van der Waals surface area contributed by atoms with Crippen molar-refractivity contribution < 1.29 is 0 Å². The van der Waals surface area contributed by atoms with Gasteiger partial charge in [-0.2, -0.15) is 19.9 Å². The summed E-state index contributed by atoms with van der Waals surface area (Å²) in [5.41, 5.74) is 28.9. The summed E-state index contributed by atoms with van der Waals surface area (Å²) >= 11 is 0. The van der Waals surface area contributed by atoms with E-state index in [-0.39, 0.29) is 5.41 Å². The summed E-state index contributed by atoms with van der Waals surface area (Å²) in [7, 11) is 0. The van der Waals surface area contributed by atoms with Gasteiger partial charge in [0.25, 0.3) is 0 Å². The average molecular weight is 1640 g/mol. The summed E-state index contributed by atoms with van der Waals surface area (Å²) in [6.45, 7) is 15.4. The van der Waals surface area contributed by atoms with E-state index in [0.717, 1.165) is 44.3 Å². The van der Waals surface area contributed by atoms with Crippen LogP contribution >= 0.6 is 0 Å². The summed E-state index contributed by atoms with van der Waals surface area (Å²) in [6.07, 6.45) is 0. The molecule has 0 amide bonds. The second-order valence-corrected chi connectivity index (χ2v) is 33.3. The van der Waals surface area contributed by atoms with Gasteiger partial charge < -0.3 is 13.7 Å². The van der Waals surface area contributed by atoms with Crippen LogP contribution in [0.25, 0.3) is 184 Å². The first-order valence-corrected chi connectivity index (χ1v) is 43.3. The van der Waals surface area contributed by atoms with Crippen molar-refractivity contribution in [2.75, 3.05) is 0 Å². The van der Waals surface area contributed by atoms with Gasteiger partial charge in [0.2, 0.25) is 11.9 Å². The van der Waals surface area contributed by atoms with E-state index in [1.807, 2.05) is 121 Å². The van der Waals surface area contributed by atoms with Crippen molar-refractivity contribution in [3.05, 3.63) is 451 Å². The van der Waals surface area contributed by atoms with Crippen molar-refractivity contribution in [1.29, 1.82) is 0 Å². The molecule has 0 fully saturated rings. The molecule has 25 rings (SSSR count). The number of aromatic nitrogens is 11. The van der Waals surface area contributed by atoms with E-state index in [0.29, 0.717) is 35.2 Å². The minimum Gasteiger partial charge on any atom is -0.309 e. The first-order chi connectivity index (χ1) is 62.3. The second-order valence-electron chi connectivity index (χ2n) is 33.3. The van der Waals surface area contributed by atoms with Gasteiger partial charge in [0, 0.05) is 92.9 Å². The fourth-order valence-corrected chi connectivity index (χ4v) is 18.7. The van der Waals surface area contributed by atoms with Crippen LogP contribution < -0.4 is 0 Å². The molecular formula is C116H89N11. The van der Waals surface area contributed by atoms with Crippen molar-refractivity contribution in [2.45, 2.75) is 53.9 Å². The van der Waals surface area contributed by atoms with Gasteiger partial charge in [-0.05, 0) is 160 Å². The van der Waals surface area contributed by atoms with Gasteiger partial charge in [0.1, 0.15) is 0 Å². The Morgan fingerprint density at radius 3 is 0.992 bits per heavy atom. The Hall–Kier alpha value is -16.2. The van der Waals surface area contributed by atoms with Gasteiger partial charge in [-0.1, -0.05) is 340 Å². The molecule has 0 atom stereocenters. The Balaban J connectivity index is 0.0000000981. The van der Waals surface area contributed by atoms with Crippen LogP contribution in [-0.2, 0) is 5.41 Å². The molecule has 0 aliphatic carbocycles. The highest BCUT2D eigenvalue weighted by Crippen LogP contribution is 2.48. The van der Waals surface area contributed by atoms with Crippen LogP contribution in [0.15, 0.2) is 413 Å². The third kappa shape index (κ3) is 14.3. The third-order valence-corrected chi connectivity index (χ3v) is 24.6. The molecule has 608 valence electrons. The van der Waals surface area contributed by atoms with Crippen LogP contribution in [0.4, 0.5) is 0 Å². The molecule has 8 heterocycles. The topological polar surface area (TPSA) is 102 Å². The molecule has 11 nitrogen and oxygen atoms in total. The average Bonchev–Trinajstić information content (AvgIpc) is 1.54. The maximum atomic E-state index is 4.94. The number of hydrogen-bond donors (Lipinski definition) is 0. The van der Waals surface area contributed by atoms with Gasteiger partial charge in [0.15, 0.2) is 23.3 Å². The molecule has 24 aromatic rings. The zero-order valence-electron chi connectivity index (χ0n) is 71.7. The lowest BCUT2D eigenvalue weighted by atomic mass is 9.75. The summed E-state index contributed by atoms with van der Waals surface area (Å²) in [5, 5.41) is 12.8. The Morgan fingerprint density at radius 2 is 0.512 bits per heavy atom. The zero-order chi connectivity index (χ0) is 85.8. The first kappa shape index (κ1) is 78.0. The van der Waals surface area contributed by atoms with E-state index in [4.69, 9.17) is 29.9 Å². The lowest BCUT2D eigenvalue weighted by Gasteiger charge is -2.34. The maximum absolute atomic E-state index is 4.94. The smallest absolute Gasteiger partial charge is 0.238 e. The number of aryl methyl sites for hydroxylation is 5. The molecule has 127 heavy (non-hydrogen) atoms. The molecular weight excluding hydrogens is 1550 g/mol. The molecule has 0 unspecified atom stereocenters. The monoisotopic (exact) mass is 1640 g/mol. The molecule has 7 aromatic heterocycles. The van der Waals surface area contributed by atoms with Gasteiger partial charge in [0.05, 0.1) is 60.9 Å². The van der Waals surface area contributed by atoms with E-state index >= 15 is 0 Å². The van der Waals surface area contributed by atoms with Gasteiger partial charge in [-0.25, -0.2) is 9.97 Å². The normalized spacial score (nSPS) is 12.0. The molecule has 0 bridgehead atoms. The van der Waals surface area contributed by atoms with Crippen LogP contribution in [-0.4, -0.2) is 52.7 Å². The Labute approximate surface area is 736 Å². The quantitative estimate of drug-likeness (QED) is 0.150. The predicted molar refractivity (Wildman–Crippen MR) is 528 cm³/mol. The number of benzene rings is 17. The molecule has 0 saturated carbocycles. The third-order valence-electron chi connectivity index (χ3n) is 24.6. The minimum atomic E-state index is 0.0233. The van der Waals surface area contributed by atoms with E-state index in [9.17, 15) is 0 Å². The Kier molecular flexibility index (Phi) is 20.2. The highest BCUT2D eigenvalue weighted by Gasteiger charge is 2.35. The van der Waals surface area contributed by atoms with Crippen molar-refractivity contribution in [3.8, 4) is 74.5 Å². The number of fused-ring (bicyclic) bond motifs is 17. The van der Waals surface area contributed by atoms with E-state index in [1.165, 1.54) is 143 Å². The van der Waals surface area contributed by atoms with Crippen molar-refractivity contribution in [1.82, 2.24) is 52.7 Å². The summed E-state index contributed by atoms with van der Waals surface area (Å²) in [4.78, 5) is 29.4. The highest BCUT2D eigenvalue weighted by atomic mass is 15.2. The van der Waals surface area contributed by atoms with Gasteiger partial charge in [-0.3, -0.25) is 9.13 Å². The molecule has 0 N–H and O–H groups in total. The number of para-hydroxylation sites is 8. The number of nitrogens with zero attached hydrogens (tertiary/aromatic N) is 11. The Morgan fingerprint density at radius 1 is 0.205 bits per heavy atom. The summed E-state index contributed by atoms with van der Waals surface area (Å²) in [6, 6.07) is 144. The standard InChI is InChI=1S/2C28H20N4.C22H19N.2C19H15N/c1-19-16-17-25-23(18-19)22-14-8-9-15-24(22)32(25)28-30-26(20-10-4-2-5-11-20)29-27(31-28)21-12-6-3-7-13-21;1-19-16-17-23-22-14-8-9-15-24(22)32(25(23)18-19)28-30-26(20-10-4-2-5-11-20)29-27(31-28)21-12-6-3-7-13-21;1-14-11-12-19-16(13-14)15-7-6-9-18-21(15)23(19)20-10-5-4-8-17(20)22(18,2)3;1-14-8-7-13-18-19(14)16-11-5-6-12-17(16)20(18)15-9-3-2-4-10-15;1-14-11-12-19-17(13-14)16-9-5-6-10-18(16)20(19)15-7-3-2-4-8-15/h2*2-18H,1H3;4-13H,1-3H3;2*2-13H,1H3. The lowest BCUT2D eigenvalue weighted by molar-refractivity contribution is 0.630. The van der Waals surface area contributed by atoms with E-state index in [1.54, 1.807) is 0 Å². The fraction of sp³-hybridized carbons (Fsp3) is 0.0690. The van der Waals surface area contributed by atoms with Crippen LogP contribution in [0, 0.1) is 34.6 Å². The van der Waals surface area contributed by atoms with Crippen LogP contribution in [0.1, 0.15) is 52.8 Å². The molecule has 0 spiro atoms. The van der Waals surface area contributed by atoms with E-state index in [2.05, 4.69) is 362 Å². The Bertz CT molecular complexity index is 8150. The first-order valence-electron chi connectivity index (χ1n) is 43.3. The molecule has 17 aromatic carbocycles. The van der Waals surface area contributed by atoms with Crippen molar-refractivity contribution >= 4 is 109 Å². The second kappa shape index (κ2) is 32.9. The number of hydrogen-bond acceptors (Lipinski definition) is 6. The van der Waals surface area contributed by atoms with Crippen LogP contribution in [0.3, 0.4) is 0 Å². The molecule has 0 radical (unpaired) electrons. The molecule has 0 saturated heterocycles. The zero-order valence-corrected chi connectivity index (χ0v) is 71.7. The molecule has 11 heteroatoms. The molecule has 1 aliphatic heterocycles. The number of rotatable bonds is 8. The highest BCUT2D eigenvalue weighted by molar-refractivity contribution is 6.14. The minimum absolute atomic E-state index is 0.0233. The van der Waals surface area contributed by atoms with Gasteiger partial charge >= 0.3 is 0 Å². The maximum Gasteiger partial charge on any atom is 0.238 e. The lowest BCUT2D eigenvalue weighted by Crippen LogP contribution is -2.26. The van der Waals surface area contributed by atoms with Crippen LogP contribution in [0.2, 0.25) is 0 Å². The largest absolute Gasteiger partial charge is 0.309 e. The summed E-state index contributed by atoms with van der Waals surface area (Å²) in [5.74, 6) is 3.88. The van der Waals surface area contributed by atoms with Crippen LogP contribution in [0.5, 0.6) is 0 Å². The SMILES string of the molecule is Cc1ccc2c(c1)c1cccc3c1n2-c1ccccc1C3(C)C.Cc1ccc2c(c1)c1ccccc1n2-c1ccccc1.Cc1ccc2c(c1)c1ccccc1n2-c1nc(-c2ccccc2)nc(-c2ccccc2)n1.Cc1ccc2c3ccccc3n(-c3nc(-c4ccccc4)nc(-c4ccccc4)n3)c2c1.Cc1cccc2c1c1ccccc1n2-c1ccccc1. The van der Waals surface area contributed by atoms with Gasteiger partial charge in [-0.15, -0.1) is 0 Å².